The smallest absolute Gasteiger partial charge is 0.237 e. The van der Waals surface area contributed by atoms with Crippen LogP contribution in [-0.4, -0.2) is 29.9 Å². The summed E-state index contributed by atoms with van der Waals surface area (Å²) in [4.78, 5) is 26.2. The van der Waals surface area contributed by atoms with Gasteiger partial charge < -0.3 is 16.4 Å². The molecule has 0 radical (unpaired) electrons. The Morgan fingerprint density at radius 2 is 1.81 bits per heavy atom. The van der Waals surface area contributed by atoms with Crippen molar-refractivity contribution in [1.82, 2.24) is 4.98 Å². The number of amides is 2. The van der Waals surface area contributed by atoms with Gasteiger partial charge in [0.2, 0.25) is 17.8 Å². The predicted octanol–water partition coefficient (Wildman–Crippen LogP) is -1.00. The van der Waals surface area contributed by atoms with Gasteiger partial charge in [-0.25, -0.2) is 4.98 Å². The quantitative estimate of drug-likeness (QED) is 0.628. The van der Waals surface area contributed by atoms with Crippen molar-refractivity contribution in [1.29, 1.82) is 0 Å². The van der Waals surface area contributed by atoms with Crippen molar-refractivity contribution in [3.05, 3.63) is 24.1 Å². The molecule has 0 bridgehead atoms. The van der Waals surface area contributed by atoms with Crippen LogP contribution >= 0.6 is 0 Å². The van der Waals surface area contributed by atoms with E-state index in [-0.39, 0.29) is 18.9 Å². The van der Waals surface area contributed by atoms with E-state index in [2.05, 4.69) is 4.98 Å². The van der Waals surface area contributed by atoms with Gasteiger partial charge in [0.1, 0.15) is 5.82 Å². The number of carbonyl (C=O) groups is 2. The van der Waals surface area contributed by atoms with Gasteiger partial charge in [-0.15, -0.1) is 0 Å². The van der Waals surface area contributed by atoms with Crippen molar-refractivity contribution >= 4 is 17.6 Å². The standard InChI is InChI=1S/C9H11FN4O2/c10-6-2-1-3-9(13-6)14(4-7(11)15)5-8(12)16/h1-3H,4-5H2,(H2,11,15)(H2,12,16). The maximum atomic E-state index is 12.8. The van der Waals surface area contributed by atoms with E-state index in [1.807, 2.05) is 0 Å². The van der Waals surface area contributed by atoms with Crippen LogP contribution in [0.5, 0.6) is 0 Å². The first-order valence-electron chi connectivity index (χ1n) is 4.43. The van der Waals surface area contributed by atoms with E-state index < -0.39 is 17.8 Å². The molecule has 2 amide bonds. The molecular weight excluding hydrogens is 215 g/mol. The summed E-state index contributed by atoms with van der Waals surface area (Å²) >= 11 is 0. The average Bonchev–Trinajstić information content (AvgIpc) is 2.15. The number of primary amides is 2. The van der Waals surface area contributed by atoms with E-state index in [4.69, 9.17) is 11.5 Å². The molecular formula is C9H11FN4O2. The summed E-state index contributed by atoms with van der Waals surface area (Å²) in [5.74, 6) is -1.89. The summed E-state index contributed by atoms with van der Waals surface area (Å²) in [5.41, 5.74) is 9.98. The van der Waals surface area contributed by atoms with Gasteiger partial charge in [0.05, 0.1) is 13.1 Å². The Labute approximate surface area is 91.0 Å². The summed E-state index contributed by atoms with van der Waals surface area (Å²) < 4.78 is 12.8. The molecule has 0 saturated carbocycles. The normalized spacial score (nSPS) is 9.81. The van der Waals surface area contributed by atoms with Gasteiger partial charge in [-0.2, -0.15) is 4.39 Å². The molecule has 0 aliphatic carbocycles. The third-order valence-corrected chi connectivity index (χ3v) is 1.72. The first kappa shape index (κ1) is 11.9. The Balaban J connectivity index is 2.90. The van der Waals surface area contributed by atoms with E-state index in [9.17, 15) is 14.0 Å². The molecule has 0 fully saturated rings. The van der Waals surface area contributed by atoms with Crippen molar-refractivity contribution in [3.8, 4) is 0 Å². The van der Waals surface area contributed by atoms with Crippen LogP contribution in [0.4, 0.5) is 10.2 Å². The largest absolute Gasteiger partial charge is 0.368 e. The fourth-order valence-corrected chi connectivity index (χ4v) is 1.17. The number of anilines is 1. The fourth-order valence-electron chi connectivity index (χ4n) is 1.17. The van der Waals surface area contributed by atoms with Crippen molar-refractivity contribution < 1.29 is 14.0 Å². The van der Waals surface area contributed by atoms with Gasteiger partial charge in [0.15, 0.2) is 0 Å². The van der Waals surface area contributed by atoms with Gasteiger partial charge in [0, 0.05) is 0 Å². The van der Waals surface area contributed by atoms with Gasteiger partial charge in [-0.05, 0) is 12.1 Å². The molecule has 16 heavy (non-hydrogen) atoms. The molecule has 86 valence electrons. The van der Waals surface area contributed by atoms with Crippen LogP contribution in [-0.2, 0) is 9.59 Å². The van der Waals surface area contributed by atoms with E-state index in [1.165, 1.54) is 17.0 Å². The third-order valence-electron chi connectivity index (χ3n) is 1.72. The minimum absolute atomic E-state index is 0.137. The Kier molecular flexibility index (Phi) is 3.76. The zero-order valence-electron chi connectivity index (χ0n) is 8.39. The average molecular weight is 226 g/mol. The number of carbonyl (C=O) groups excluding carboxylic acids is 2. The summed E-state index contributed by atoms with van der Waals surface area (Å²) in [6.45, 7) is -0.501. The SMILES string of the molecule is NC(=O)CN(CC(N)=O)c1cccc(F)n1. The fraction of sp³-hybridized carbons (Fsp3) is 0.222. The van der Waals surface area contributed by atoms with Gasteiger partial charge in [-0.1, -0.05) is 6.07 Å². The zero-order chi connectivity index (χ0) is 12.1. The Hall–Kier alpha value is -2.18. The highest BCUT2D eigenvalue weighted by atomic mass is 19.1. The number of halogens is 1. The number of nitrogens with two attached hydrogens (primary N) is 2. The second-order valence-corrected chi connectivity index (χ2v) is 3.11. The number of aromatic nitrogens is 1. The predicted molar refractivity (Wildman–Crippen MR) is 54.8 cm³/mol. The lowest BCUT2D eigenvalue weighted by molar-refractivity contribution is -0.117. The van der Waals surface area contributed by atoms with E-state index >= 15 is 0 Å². The number of pyridine rings is 1. The molecule has 1 aromatic heterocycles. The maximum absolute atomic E-state index is 12.8. The number of nitrogens with zero attached hydrogens (tertiary/aromatic N) is 2. The van der Waals surface area contributed by atoms with Gasteiger partial charge in [0.25, 0.3) is 0 Å². The molecule has 0 aromatic carbocycles. The van der Waals surface area contributed by atoms with Crippen LogP contribution in [0, 0.1) is 5.95 Å². The molecule has 1 heterocycles. The second kappa shape index (κ2) is 5.06. The molecule has 0 unspecified atom stereocenters. The van der Waals surface area contributed by atoms with Gasteiger partial charge >= 0.3 is 0 Å². The molecule has 0 aliphatic heterocycles. The first-order chi connectivity index (χ1) is 7.49. The Bertz CT molecular complexity index is 394. The summed E-state index contributed by atoms with van der Waals surface area (Å²) in [7, 11) is 0. The highest BCUT2D eigenvalue weighted by molar-refractivity contribution is 5.84. The van der Waals surface area contributed by atoms with Crippen molar-refractivity contribution in [2.45, 2.75) is 0 Å². The van der Waals surface area contributed by atoms with Crippen LogP contribution < -0.4 is 16.4 Å². The van der Waals surface area contributed by atoms with Crippen LogP contribution in [0.15, 0.2) is 18.2 Å². The number of hydrogen-bond acceptors (Lipinski definition) is 4. The minimum atomic E-state index is -0.712. The molecule has 1 aromatic rings. The molecule has 1 rings (SSSR count). The number of rotatable bonds is 5. The minimum Gasteiger partial charge on any atom is -0.368 e. The van der Waals surface area contributed by atoms with Crippen LogP contribution in [0.25, 0.3) is 0 Å². The highest BCUT2D eigenvalue weighted by Crippen LogP contribution is 2.09. The monoisotopic (exact) mass is 226 g/mol. The summed E-state index contributed by atoms with van der Waals surface area (Å²) in [6.07, 6.45) is 0. The summed E-state index contributed by atoms with van der Waals surface area (Å²) in [5, 5.41) is 0. The molecule has 0 spiro atoms. The maximum Gasteiger partial charge on any atom is 0.237 e. The lowest BCUT2D eigenvalue weighted by Gasteiger charge is -2.19. The molecule has 0 atom stereocenters. The third kappa shape index (κ3) is 3.52. The van der Waals surface area contributed by atoms with Crippen molar-refractivity contribution in [3.63, 3.8) is 0 Å². The molecule has 4 N–H and O–H groups in total. The number of hydrogen-bond donors (Lipinski definition) is 2. The molecule has 6 nitrogen and oxygen atoms in total. The summed E-state index contributed by atoms with van der Waals surface area (Å²) in [6, 6.07) is 4.01. The highest BCUT2D eigenvalue weighted by Gasteiger charge is 2.13. The molecule has 0 saturated heterocycles. The zero-order valence-corrected chi connectivity index (χ0v) is 8.39. The van der Waals surface area contributed by atoms with Crippen LogP contribution in [0.3, 0.4) is 0 Å². The lowest BCUT2D eigenvalue weighted by Crippen LogP contribution is -2.40. The van der Waals surface area contributed by atoms with Crippen molar-refractivity contribution in [2.24, 2.45) is 11.5 Å². The van der Waals surface area contributed by atoms with Crippen molar-refractivity contribution in [2.75, 3.05) is 18.0 Å². The lowest BCUT2D eigenvalue weighted by atomic mass is 10.4. The van der Waals surface area contributed by atoms with Crippen LogP contribution in [0.2, 0.25) is 0 Å². The first-order valence-corrected chi connectivity index (χ1v) is 4.43. The Morgan fingerprint density at radius 3 is 2.25 bits per heavy atom. The van der Waals surface area contributed by atoms with E-state index in [0.29, 0.717) is 0 Å². The second-order valence-electron chi connectivity index (χ2n) is 3.11. The van der Waals surface area contributed by atoms with Crippen LogP contribution in [0.1, 0.15) is 0 Å². The van der Waals surface area contributed by atoms with Gasteiger partial charge in [-0.3, -0.25) is 9.59 Å². The molecule has 7 heteroatoms. The molecule has 0 aliphatic rings. The van der Waals surface area contributed by atoms with E-state index in [1.54, 1.807) is 0 Å². The topological polar surface area (TPSA) is 102 Å². The van der Waals surface area contributed by atoms with E-state index in [0.717, 1.165) is 6.07 Å². The Morgan fingerprint density at radius 1 is 1.25 bits per heavy atom.